The quantitative estimate of drug-likeness (QED) is 0.892. The number of fused-ring (bicyclic) bond motifs is 1. The van der Waals surface area contributed by atoms with Gasteiger partial charge in [-0.25, -0.2) is 4.79 Å². The first-order valence-electron chi connectivity index (χ1n) is 7.91. The van der Waals surface area contributed by atoms with Crippen LogP contribution in [0.2, 0.25) is 0 Å². The summed E-state index contributed by atoms with van der Waals surface area (Å²) in [5, 5.41) is 7.15. The van der Waals surface area contributed by atoms with Crippen LogP contribution < -0.4 is 5.32 Å². The summed E-state index contributed by atoms with van der Waals surface area (Å²) in [6, 6.07) is -0.0633. The minimum Gasteiger partial charge on any atom is -0.343 e. The molecule has 2 saturated heterocycles. The summed E-state index contributed by atoms with van der Waals surface area (Å²) in [4.78, 5) is 28.1. The fourth-order valence-electron chi connectivity index (χ4n) is 3.43. The number of hydrogen-bond acceptors (Lipinski definition) is 3. The Labute approximate surface area is 130 Å². The molecule has 1 aromatic rings. The van der Waals surface area contributed by atoms with Crippen LogP contribution in [0.15, 0.2) is 12.4 Å². The average molecular weight is 305 g/mol. The Balaban J connectivity index is 1.60. The zero-order valence-electron chi connectivity index (χ0n) is 13.2. The Morgan fingerprint density at radius 3 is 3.05 bits per heavy atom. The minimum absolute atomic E-state index is 0.0182. The van der Waals surface area contributed by atoms with Crippen molar-refractivity contribution < 1.29 is 9.59 Å². The summed E-state index contributed by atoms with van der Waals surface area (Å²) in [5.41, 5.74) is 0.989. The van der Waals surface area contributed by atoms with Crippen LogP contribution in [-0.2, 0) is 17.9 Å². The average Bonchev–Trinajstić information content (AvgIpc) is 3.10. The third-order valence-corrected chi connectivity index (χ3v) is 4.65. The molecule has 0 aliphatic carbocycles. The van der Waals surface area contributed by atoms with Crippen LogP contribution in [0.25, 0.3) is 0 Å². The normalized spacial score (nSPS) is 24.5. The molecular weight excluding hydrogens is 282 g/mol. The van der Waals surface area contributed by atoms with Gasteiger partial charge in [-0.3, -0.25) is 9.48 Å². The van der Waals surface area contributed by atoms with Crippen molar-refractivity contribution in [3.8, 4) is 0 Å². The molecule has 120 valence electrons. The van der Waals surface area contributed by atoms with E-state index in [-0.39, 0.29) is 23.9 Å². The maximum absolute atomic E-state index is 12.5. The highest BCUT2D eigenvalue weighted by atomic mass is 16.2. The first kappa shape index (κ1) is 14.9. The number of likely N-dealkylation sites (tertiary alicyclic amines) is 2. The van der Waals surface area contributed by atoms with Gasteiger partial charge in [0, 0.05) is 45.0 Å². The topological polar surface area (TPSA) is 70.5 Å². The van der Waals surface area contributed by atoms with Crippen molar-refractivity contribution in [1.82, 2.24) is 24.9 Å². The van der Waals surface area contributed by atoms with Gasteiger partial charge in [-0.15, -0.1) is 0 Å². The van der Waals surface area contributed by atoms with E-state index in [2.05, 4.69) is 10.4 Å². The largest absolute Gasteiger partial charge is 0.343 e. The molecule has 2 atom stereocenters. The molecule has 1 N–H and O–H groups in total. The molecule has 2 aliphatic rings. The summed E-state index contributed by atoms with van der Waals surface area (Å²) >= 11 is 0. The number of nitrogens with zero attached hydrogens (tertiary/aromatic N) is 4. The number of amides is 3. The number of urea groups is 1. The number of likely N-dealkylation sites (N-methyl/N-ethyl adjacent to an activating group) is 1. The van der Waals surface area contributed by atoms with Gasteiger partial charge in [0.1, 0.15) is 0 Å². The Morgan fingerprint density at radius 1 is 1.50 bits per heavy atom. The Kier molecular flexibility index (Phi) is 4.04. The molecule has 0 spiro atoms. The lowest BCUT2D eigenvalue weighted by molar-refractivity contribution is -0.130. The van der Waals surface area contributed by atoms with Gasteiger partial charge in [-0.2, -0.15) is 5.10 Å². The maximum atomic E-state index is 12.5. The van der Waals surface area contributed by atoms with E-state index < -0.39 is 0 Å². The van der Waals surface area contributed by atoms with E-state index in [0.29, 0.717) is 13.1 Å². The fourth-order valence-corrected chi connectivity index (χ4v) is 3.43. The fraction of sp³-hybridized carbons (Fsp3) is 0.667. The molecule has 0 unspecified atom stereocenters. The molecule has 7 nitrogen and oxygen atoms in total. The van der Waals surface area contributed by atoms with E-state index in [1.54, 1.807) is 11.1 Å². The number of piperidine rings is 1. The highest BCUT2D eigenvalue weighted by Crippen LogP contribution is 2.30. The van der Waals surface area contributed by atoms with Crippen molar-refractivity contribution in [2.75, 3.05) is 20.1 Å². The van der Waals surface area contributed by atoms with Gasteiger partial charge in [0.25, 0.3) is 0 Å². The van der Waals surface area contributed by atoms with Gasteiger partial charge in [0.05, 0.1) is 18.2 Å². The van der Waals surface area contributed by atoms with Crippen LogP contribution in [0.3, 0.4) is 0 Å². The highest BCUT2D eigenvalue weighted by Gasteiger charge is 2.45. The van der Waals surface area contributed by atoms with E-state index in [0.717, 1.165) is 31.5 Å². The SMILES string of the molecule is CCn1cc(CNC(=O)N2CCC[C@H]3C(=O)N(C)C[C@H]32)cn1. The van der Waals surface area contributed by atoms with Crippen molar-refractivity contribution in [3.63, 3.8) is 0 Å². The Morgan fingerprint density at radius 2 is 2.32 bits per heavy atom. The maximum Gasteiger partial charge on any atom is 0.318 e. The van der Waals surface area contributed by atoms with Crippen molar-refractivity contribution in [1.29, 1.82) is 0 Å². The number of hydrogen-bond donors (Lipinski definition) is 1. The molecule has 3 rings (SSSR count). The molecule has 0 radical (unpaired) electrons. The van der Waals surface area contributed by atoms with Crippen molar-refractivity contribution in [2.45, 2.75) is 38.9 Å². The summed E-state index contributed by atoms with van der Waals surface area (Å²) in [6.07, 6.45) is 5.49. The van der Waals surface area contributed by atoms with E-state index in [1.807, 2.05) is 29.7 Å². The first-order chi connectivity index (χ1) is 10.6. The standard InChI is InChI=1S/C15H23N5O2/c1-3-19-9-11(8-17-19)7-16-15(22)20-6-4-5-12-13(20)10-18(2)14(12)21/h8-9,12-13H,3-7,10H2,1-2H3,(H,16,22)/t12-,13-/m1/s1. The summed E-state index contributed by atoms with van der Waals surface area (Å²) in [5.74, 6) is 0.152. The molecule has 3 amide bonds. The van der Waals surface area contributed by atoms with E-state index in [4.69, 9.17) is 0 Å². The van der Waals surface area contributed by atoms with Crippen LogP contribution in [-0.4, -0.2) is 57.7 Å². The van der Waals surface area contributed by atoms with Gasteiger partial charge in [0.15, 0.2) is 0 Å². The van der Waals surface area contributed by atoms with E-state index in [9.17, 15) is 9.59 Å². The molecular formula is C15H23N5O2. The third kappa shape index (κ3) is 2.67. The number of nitrogens with one attached hydrogen (secondary N) is 1. The predicted octanol–water partition coefficient (Wildman–Crippen LogP) is 0.665. The van der Waals surface area contributed by atoms with Gasteiger partial charge in [0.2, 0.25) is 5.91 Å². The lowest BCUT2D eigenvalue weighted by Gasteiger charge is -2.35. The molecule has 7 heteroatoms. The van der Waals surface area contributed by atoms with Crippen LogP contribution >= 0.6 is 0 Å². The summed E-state index contributed by atoms with van der Waals surface area (Å²) < 4.78 is 1.84. The van der Waals surface area contributed by atoms with Crippen LogP contribution in [0, 0.1) is 5.92 Å². The number of aryl methyl sites for hydroxylation is 1. The molecule has 22 heavy (non-hydrogen) atoms. The van der Waals surface area contributed by atoms with Gasteiger partial charge < -0.3 is 15.1 Å². The van der Waals surface area contributed by atoms with Crippen LogP contribution in [0.4, 0.5) is 4.79 Å². The Hall–Kier alpha value is -2.05. The first-order valence-corrected chi connectivity index (χ1v) is 7.91. The minimum atomic E-state index is -0.0814. The van der Waals surface area contributed by atoms with Crippen molar-refractivity contribution in [2.24, 2.45) is 5.92 Å². The second-order valence-electron chi connectivity index (χ2n) is 6.09. The number of aromatic nitrogens is 2. The molecule has 0 saturated carbocycles. The Bertz CT molecular complexity index is 570. The summed E-state index contributed by atoms with van der Waals surface area (Å²) in [6.45, 7) is 4.68. The summed E-state index contributed by atoms with van der Waals surface area (Å²) in [7, 11) is 1.82. The number of carbonyl (C=O) groups excluding carboxylic acids is 2. The van der Waals surface area contributed by atoms with Crippen molar-refractivity contribution >= 4 is 11.9 Å². The number of carbonyl (C=O) groups is 2. The van der Waals surface area contributed by atoms with Crippen LogP contribution in [0.1, 0.15) is 25.3 Å². The molecule has 2 fully saturated rings. The molecule has 0 bridgehead atoms. The molecule has 3 heterocycles. The van der Waals surface area contributed by atoms with E-state index >= 15 is 0 Å². The highest BCUT2D eigenvalue weighted by molar-refractivity contribution is 5.84. The van der Waals surface area contributed by atoms with Gasteiger partial charge >= 0.3 is 6.03 Å². The second-order valence-corrected chi connectivity index (χ2v) is 6.09. The van der Waals surface area contributed by atoms with Gasteiger partial charge in [-0.05, 0) is 19.8 Å². The smallest absolute Gasteiger partial charge is 0.318 e. The lowest BCUT2D eigenvalue weighted by Crippen LogP contribution is -2.52. The zero-order valence-corrected chi connectivity index (χ0v) is 13.2. The zero-order chi connectivity index (χ0) is 15.7. The van der Waals surface area contributed by atoms with Crippen LogP contribution in [0.5, 0.6) is 0 Å². The second kappa shape index (κ2) is 5.98. The molecule has 0 aromatic carbocycles. The third-order valence-electron chi connectivity index (χ3n) is 4.65. The molecule has 2 aliphatic heterocycles. The predicted molar refractivity (Wildman–Crippen MR) is 81.0 cm³/mol. The van der Waals surface area contributed by atoms with E-state index in [1.165, 1.54) is 0 Å². The monoisotopic (exact) mass is 305 g/mol. The lowest BCUT2D eigenvalue weighted by atomic mass is 9.92. The molecule has 1 aromatic heterocycles. The number of rotatable bonds is 3. The van der Waals surface area contributed by atoms with Crippen molar-refractivity contribution in [3.05, 3.63) is 18.0 Å². The van der Waals surface area contributed by atoms with Gasteiger partial charge in [-0.1, -0.05) is 0 Å².